The van der Waals surface area contributed by atoms with Crippen molar-refractivity contribution in [2.75, 3.05) is 27.3 Å². The SMILES string of the molecule is CO[C@H]1C[C@H](C)CC2=C(NCCNC(C)=O)C(=O)C=C(NC(=O)/C(C)=C/C=C\[C@@H](OC)[C@@H](OC(N)=O)/C(C)=C/[C@H](C)[C@H]1O)C2=O. The Morgan fingerprint density at radius 3 is 2.40 bits per heavy atom. The highest BCUT2D eigenvalue weighted by molar-refractivity contribution is 6.23. The quantitative estimate of drug-likeness (QED) is 0.156. The number of fused-ring (bicyclic) bond motifs is 2. The van der Waals surface area contributed by atoms with Crippen LogP contribution in [0.3, 0.4) is 0 Å². The van der Waals surface area contributed by atoms with Crippen LogP contribution >= 0.6 is 0 Å². The molecule has 2 bridgehead atoms. The molecule has 6 atom stereocenters. The molecule has 248 valence electrons. The van der Waals surface area contributed by atoms with Crippen LogP contribution < -0.4 is 21.7 Å². The Balaban J connectivity index is 2.58. The third-order valence-corrected chi connectivity index (χ3v) is 7.59. The molecule has 0 aromatic heterocycles. The summed E-state index contributed by atoms with van der Waals surface area (Å²) in [5, 5.41) is 19.4. The van der Waals surface area contributed by atoms with Crippen molar-refractivity contribution in [1.82, 2.24) is 16.0 Å². The van der Waals surface area contributed by atoms with E-state index in [0.29, 0.717) is 12.0 Å². The number of aliphatic hydroxyl groups excluding tert-OH is 1. The molecular weight excluding hydrogens is 584 g/mol. The highest BCUT2D eigenvalue weighted by atomic mass is 16.6. The van der Waals surface area contributed by atoms with E-state index >= 15 is 0 Å². The lowest BCUT2D eigenvalue weighted by Crippen LogP contribution is -2.39. The molecule has 45 heavy (non-hydrogen) atoms. The van der Waals surface area contributed by atoms with E-state index < -0.39 is 53.9 Å². The number of aliphatic hydroxyl groups is 1. The average Bonchev–Trinajstić information content (AvgIpc) is 2.97. The number of nitrogens with two attached hydrogens (primary N) is 1. The average molecular weight is 631 g/mol. The predicted octanol–water partition coefficient (Wildman–Crippen LogP) is 1.49. The first kappa shape index (κ1) is 37.1. The molecule has 0 aromatic rings. The number of carbonyl (C=O) groups is 5. The van der Waals surface area contributed by atoms with E-state index in [1.54, 1.807) is 26.0 Å². The van der Waals surface area contributed by atoms with Crippen LogP contribution in [0.25, 0.3) is 0 Å². The summed E-state index contributed by atoms with van der Waals surface area (Å²) >= 11 is 0. The molecule has 1 heterocycles. The number of rotatable bonds is 7. The van der Waals surface area contributed by atoms with Crippen molar-refractivity contribution >= 4 is 29.5 Å². The summed E-state index contributed by atoms with van der Waals surface area (Å²) < 4.78 is 16.6. The largest absolute Gasteiger partial charge is 0.439 e. The van der Waals surface area contributed by atoms with Crippen molar-refractivity contribution in [3.05, 3.63) is 58.5 Å². The zero-order valence-electron chi connectivity index (χ0n) is 27.0. The third kappa shape index (κ3) is 10.8. The summed E-state index contributed by atoms with van der Waals surface area (Å²) in [5.74, 6) is -2.58. The maximum absolute atomic E-state index is 13.7. The topological polar surface area (TPSA) is 195 Å². The maximum Gasteiger partial charge on any atom is 0.405 e. The van der Waals surface area contributed by atoms with Gasteiger partial charge in [-0.25, -0.2) is 4.79 Å². The van der Waals surface area contributed by atoms with Gasteiger partial charge in [0.1, 0.15) is 6.10 Å². The van der Waals surface area contributed by atoms with Crippen LogP contribution in [0, 0.1) is 11.8 Å². The fraction of sp³-hybridized carbons (Fsp3) is 0.531. The zero-order chi connectivity index (χ0) is 33.8. The first-order valence-corrected chi connectivity index (χ1v) is 14.8. The number of nitrogens with one attached hydrogen (secondary N) is 3. The Hall–Kier alpha value is -4.07. The first-order valence-electron chi connectivity index (χ1n) is 14.8. The summed E-state index contributed by atoms with van der Waals surface area (Å²) in [6.07, 6.45) is 3.47. The van der Waals surface area contributed by atoms with Gasteiger partial charge >= 0.3 is 6.09 Å². The number of ether oxygens (including phenoxy) is 3. The first-order chi connectivity index (χ1) is 21.2. The second kappa shape index (κ2) is 17.4. The van der Waals surface area contributed by atoms with Crippen LogP contribution in [0.15, 0.2) is 58.5 Å². The van der Waals surface area contributed by atoms with E-state index in [9.17, 15) is 29.1 Å². The molecule has 0 saturated heterocycles. The molecule has 1 aliphatic carbocycles. The Kier molecular flexibility index (Phi) is 14.4. The lowest BCUT2D eigenvalue weighted by atomic mass is 9.85. The molecule has 3 amide bonds. The minimum atomic E-state index is -1.01. The van der Waals surface area contributed by atoms with Crippen molar-refractivity contribution in [2.45, 2.75) is 71.9 Å². The summed E-state index contributed by atoms with van der Waals surface area (Å²) in [5.41, 5.74) is 6.23. The molecule has 0 aromatic carbocycles. The van der Waals surface area contributed by atoms with E-state index in [1.807, 2.05) is 6.92 Å². The standard InChI is InChI=1S/C32H46N4O9/c1-17-13-22-27(35-12-11-34-21(5)37)24(38)16-23(29(22)40)36-31(41)18(2)9-8-10-25(43-6)30(45-32(33)42)20(4)15-19(3)28(39)26(14-17)44-7/h8-10,15-17,19,25-26,28,30,35,39H,11-14H2,1-7H3,(H2,33,42)(H,34,37)(H,36,41)/b10-8-,18-9+,20-15+/t17-,19+,25-,26+,28-,30+/m1/s1. The molecule has 2 rings (SSSR count). The molecule has 0 radical (unpaired) electrons. The predicted molar refractivity (Wildman–Crippen MR) is 166 cm³/mol. The van der Waals surface area contributed by atoms with E-state index in [4.69, 9.17) is 19.9 Å². The Morgan fingerprint density at radius 2 is 1.80 bits per heavy atom. The van der Waals surface area contributed by atoms with Gasteiger partial charge in [0.2, 0.25) is 17.5 Å². The van der Waals surface area contributed by atoms with Crippen LogP contribution in [-0.2, 0) is 33.4 Å². The molecule has 0 saturated carbocycles. The van der Waals surface area contributed by atoms with Crippen LogP contribution in [0.1, 0.15) is 47.5 Å². The van der Waals surface area contributed by atoms with Crippen LogP contribution in [0.4, 0.5) is 4.79 Å². The molecule has 0 spiro atoms. The van der Waals surface area contributed by atoms with Crippen LogP contribution in [-0.4, -0.2) is 86.3 Å². The van der Waals surface area contributed by atoms with Crippen molar-refractivity contribution in [1.29, 1.82) is 0 Å². The number of methoxy groups -OCH3 is 2. The molecule has 0 unspecified atom stereocenters. The molecule has 1 aliphatic heterocycles. The summed E-state index contributed by atoms with van der Waals surface area (Å²) in [6.45, 7) is 8.70. The Labute approximate surface area is 264 Å². The highest BCUT2D eigenvalue weighted by Gasteiger charge is 2.33. The highest BCUT2D eigenvalue weighted by Crippen LogP contribution is 2.28. The number of ketones is 2. The second-order valence-electron chi connectivity index (χ2n) is 11.3. The van der Waals surface area contributed by atoms with Gasteiger partial charge < -0.3 is 41.0 Å². The second-order valence-corrected chi connectivity index (χ2v) is 11.3. The molecular formula is C32H46N4O9. The normalized spacial score (nSPS) is 30.2. The lowest BCUT2D eigenvalue weighted by molar-refractivity contribution is -0.120. The fourth-order valence-corrected chi connectivity index (χ4v) is 5.20. The number of allylic oxidation sites excluding steroid dienone is 4. The number of hydrogen-bond donors (Lipinski definition) is 5. The number of hydrogen-bond acceptors (Lipinski definition) is 10. The van der Waals surface area contributed by atoms with Gasteiger partial charge in [0.15, 0.2) is 6.10 Å². The van der Waals surface area contributed by atoms with Gasteiger partial charge in [0.05, 0.1) is 23.6 Å². The van der Waals surface area contributed by atoms with E-state index in [0.717, 1.165) is 6.08 Å². The molecule has 13 heteroatoms. The number of amides is 3. The van der Waals surface area contributed by atoms with Gasteiger partial charge in [0, 0.05) is 57.4 Å². The minimum Gasteiger partial charge on any atom is -0.439 e. The Bertz CT molecular complexity index is 1300. The van der Waals surface area contributed by atoms with E-state index in [2.05, 4.69) is 16.0 Å². The van der Waals surface area contributed by atoms with Crippen molar-refractivity contribution in [3.8, 4) is 0 Å². The third-order valence-electron chi connectivity index (χ3n) is 7.59. The molecule has 13 nitrogen and oxygen atoms in total. The summed E-state index contributed by atoms with van der Waals surface area (Å²) in [7, 11) is 2.89. The van der Waals surface area contributed by atoms with E-state index in [-0.39, 0.29) is 53.9 Å². The van der Waals surface area contributed by atoms with Crippen LogP contribution in [0.2, 0.25) is 0 Å². The molecule has 0 fully saturated rings. The number of carbonyl (C=O) groups excluding carboxylic acids is 5. The summed E-state index contributed by atoms with van der Waals surface area (Å²) in [4.78, 5) is 63.0. The smallest absolute Gasteiger partial charge is 0.405 e. The van der Waals surface area contributed by atoms with Gasteiger partial charge in [-0.05, 0) is 38.2 Å². The van der Waals surface area contributed by atoms with Gasteiger partial charge in [-0.15, -0.1) is 0 Å². The van der Waals surface area contributed by atoms with Crippen molar-refractivity contribution in [2.24, 2.45) is 17.6 Å². The minimum absolute atomic E-state index is 0.0869. The van der Waals surface area contributed by atoms with Gasteiger partial charge in [0.25, 0.3) is 5.91 Å². The Morgan fingerprint density at radius 1 is 1.11 bits per heavy atom. The van der Waals surface area contributed by atoms with Crippen LogP contribution in [0.5, 0.6) is 0 Å². The molecule has 2 aliphatic rings. The molecule has 6 N–H and O–H groups in total. The van der Waals surface area contributed by atoms with Crippen molar-refractivity contribution in [3.63, 3.8) is 0 Å². The number of Topliss-reactive ketones (excluding diaryl/α,β-unsaturated/α-hetero) is 1. The maximum atomic E-state index is 13.7. The van der Waals surface area contributed by atoms with Crippen molar-refractivity contribution < 1.29 is 43.3 Å². The zero-order valence-corrected chi connectivity index (χ0v) is 27.0. The lowest BCUT2D eigenvalue weighted by Gasteiger charge is -2.30. The van der Waals surface area contributed by atoms with Gasteiger partial charge in [-0.3, -0.25) is 19.2 Å². The van der Waals surface area contributed by atoms with Gasteiger partial charge in [-0.1, -0.05) is 38.2 Å². The monoisotopic (exact) mass is 630 g/mol. The number of primary amides is 1. The van der Waals surface area contributed by atoms with Gasteiger partial charge in [-0.2, -0.15) is 0 Å². The fourth-order valence-electron chi connectivity index (χ4n) is 5.20. The van der Waals surface area contributed by atoms with E-state index in [1.165, 1.54) is 40.2 Å². The summed E-state index contributed by atoms with van der Waals surface area (Å²) in [6, 6.07) is 0.